The molecule has 6 atom stereocenters. The van der Waals surface area contributed by atoms with E-state index >= 15 is 0 Å². The van der Waals surface area contributed by atoms with E-state index in [4.69, 9.17) is 28.4 Å². The summed E-state index contributed by atoms with van der Waals surface area (Å²) in [5, 5.41) is 2.68. The minimum Gasteiger partial charge on any atom is -0.493 e. The Hall–Kier alpha value is -7.03. The van der Waals surface area contributed by atoms with Crippen molar-refractivity contribution in [3.8, 4) is 17.2 Å². The standard InChI is InChI=1S/C57H80N6O15/c1-36-51(68)61(10)43(33-77-56(3,4)5)53(70)62-30-18-22-41(62)52(69)59(8)28-15-14-23-48(65)76-35-57(6,7)49(66)54(71)63-29-16-13-21-42(63)55(72)78-44(26-24-38-25-27-45(73-11)46(31-38)74-12)39-19-17-20-40(32-39)75-34-47(64)60(9)37(2)50(67)58-36/h14,17,19-20,23,25,27,31-32,36-37,41-44H,13,15-16,18,21-22,24,26,28-30,33-35H2,1-12H3,(H,58,67)/t36-,37-,41-,42-,43-,44+/m0/s1. The molecule has 21 heteroatoms. The summed E-state index contributed by atoms with van der Waals surface area (Å²) < 4.78 is 34.7. The van der Waals surface area contributed by atoms with Crippen LogP contribution in [0.3, 0.4) is 0 Å². The van der Waals surface area contributed by atoms with Crippen molar-refractivity contribution in [3.63, 3.8) is 0 Å². The summed E-state index contributed by atoms with van der Waals surface area (Å²) in [7, 11) is 7.49. The van der Waals surface area contributed by atoms with Gasteiger partial charge in [0.1, 0.15) is 48.7 Å². The van der Waals surface area contributed by atoms with E-state index in [1.807, 2.05) is 12.1 Å². The van der Waals surface area contributed by atoms with Crippen LogP contribution in [0.5, 0.6) is 17.2 Å². The van der Waals surface area contributed by atoms with Gasteiger partial charge in [0, 0.05) is 46.9 Å². The van der Waals surface area contributed by atoms with Gasteiger partial charge < -0.3 is 58.2 Å². The van der Waals surface area contributed by atoms with Crippen LogP contribution in [0.2, 0.25) is 0 Å². The first-order valence-electron chi connectivity index (χ1n) is 26.6. The van der Waals surface area contributed by atoms with Gasteiger partial charge in [-0.25, -0.2) is 9.59 Å². The number of carbonyl (C=O) groups is 9. The van der Waals surface area contributed by atoms with Crippen LogP contribution in [0.15, 0.2) is 54.6 Å². The Bertz CT molecular complexity index is 2540. The monoisotopic (exact) mass is 1090 g/mol. The molecule has 0 saturated carbocycles. The van der Waals surface area contributed by atoms with Gasteiger partial charge in [-0.3, -0.25) is 33.6 Å². The summed E-state index contributed by atoms with van der Waals surface area (Å²) in [5.41, 5.74) is -0.843. The SMILES string of the molecule is COc1ccc(CC[C@H]2OC(=O)[C@@H]3CCCCN3C(=O)C(=O)C(C)(C)COC(=O)C=CCCN(C)C(=O)[C@@H]3CCCN3C(=O)[C@H](COC(C)(C)C)N(C)C(=O)[C@H](C)NC(=O)[C@H](C)N(C)C(=O)COc3cccc2c3)cc1OC. The van der Waals surface area contributed by atoms with Crippen molar-refractivity contribution in [1.29, 1.82) is 0 Å². The molecule has 21 nitrogen and oxygen atoms in total. The summed E-state index contributed by atoms with van der Waals surface area (Å²) in [5.74, 6) is -4.70. The fourth-order valence-electron chi connectivity index (χ4n) is 9.32. The highest BCUT2D eigenvalue weighted by Crippen LogP contribution is 2.33. The molecule has 6 amide bonds. The number of nitrogens with zero attached hydrogens (tertiary/aromatic N) is 5. The van der Waals surface area contributed by atoms with Crippen LogP contribution in [0, 0.1) is 5.41 Å². The number of nitrogens with one attached hydrogen (secondary N) is 1. The first-order chi connectivity index (χ1) is 36.8. The lowest BCUT2D eigenvalue weighted by molar-refractivity contribution is -0.165. The Kier molecular flexibility index (Phi) is 21.8. The van der Waals surface area contributed by atoms with Gasteiger partial charge >= 0.3 is 11.9 Å². The molecule has 2 fully saturated rings. The lowest BCUT2D eigenvalue weighted by atomic mass is 9.87. The third-order valence-electron chi connectivity index (χ3n) is 14.4. The van der Waals surface area contributed by atoms with Crippen LogP contribution in [0.25, 0.3) is 0 Å². The van der Waals surface area contributed by atoms with Crippen LogP contribution >= 0.6 is 0 Å². The second-order valence-corrected chi connectivity index (χ2v) is 21.8. The summed E-state index contributed by atoms with van der Waals surface area (Å²) in [4.78, 5) is 132. The number of hydrogen-bond donors (Lipinski definition) is 1. The van der Waals surface area contributed by atoms with E-state index in [2.05, 4.69) is 5.32 Å². The molecule has 0 aliphatic carbocycles. The zero-order chi connectivity index (χ0) is 57.6. The normalized spacial score (nSPS) is 24.6. The summed E-state index contributed by atoms with van der Waals surface area (Å²) >= 11 is 0. The smallest absolute Gasteiger partial charge is 0.330 e. The third kappa shape index (κ3) is 16.3. The van der Waals surface area contributed by atoms with E-state index in [-0.39, 0.29) is 57.2 Å². The second-order valence-electron chi connectivity index (χ2n) is 21.8. The van der Waals surface area contributed by atoms with Crippen LogP contribution in [-0.4, -0.2) is 188 Å². The molecule has 3 heterocycles. The highest BCUT2D eigenvalue weighted by Gasteiger charge is 2.44. The van der Waals surface area contributed by atoms with E-state index in [1.165, 1.54) is 92.7 Å². The number of ketones is 1. The number of likely N-dealkylation sites (N-methyl/N-ethyl adjacent to an activating group) is 3. The highest BCUT2D eigenvalue weighted by atomic mass is 16.5. The highest BCUT2D eigenvalue weighted by molar-refractivity contribution is 6.38. The maximum Gasteiger partial charge on any atom is 0.330 e. The molecule has 0 unspecified atom stereocenters. The molecule has 0 radical (unpaired) electrons. The van der Waals surface area contributed by atoms with Crippen molar-refractivity contribution in [2.75, 3.05) is 74.8 Å². The molecule has 2 aromatic rings. The molecule has 2 bridgehead atoms. The Morgan fingerprint density at radius 2 is 1.45 bits per heavy atom. The lowest BCUT2D eigenvalue weighted by Gasteiger charge is -2.36. The van der Waals surface area contributed by atoms with Crippen molar-refractivity contribution < 1.29 is 71.6 Å². The molecule has 3 aliphatic rings. The molecule has 0 aromatic heterocycles. The quantitative estimate of drug-likeness (QED) is 0.302. The average molecular weight is 1090 g/mol. The summed E-state index contributed by atoms with van der Waals surface area (Å²) in [6.07, 6.45) is 4.88. The zero-order valence-corrected chi connectivity index (χ0v) is 47.4. The summed E-state index contributed by atoms with van der Waals surface area (Å²) in [6, 6.07) is 6.73. The summed E-state index contributed by atoms with van der Waals surface area (Å²) in [6.45, 7) is 10.7. The molecule has 428 valence electrons. The number of cyclic esters (lactones) is 2. The van der Waals surface area contributed by atoms with Gasteiger partial charge in [0.05, 0.1) is 31.8 Å². The van der Waals surface area contributed by atoms with Gasteiger partial charge in [-0.2, -0.15) is 0 Å². The molecule has 0 spiro atoms. The molecular formula is C57H80N6O15. The van der Waals surface area contributed by atoms with E-state index in [9.17, 15) is 43.2 Å². The maximum atomic E-state index is 14.5. The number of esters is 2. The predicted octanol–water partition coefficient (Wildman–Crippen LogP) is 4.22. The molecular weight excluding hydrogens is 1010 g/mol. The lowest BCUT2D eigenvalue weighted by Crippen LogP contribution is -2.59. The number of Topliss-reactive ketones (excluding diaryl/α,β-unsaturated/α-hetero) is 1. The average Bonchev–Trinajstić information content (AvgIpc) is 3.93. The third-order valence-corrected chi connectivity index (χ3v) is 14.4. The first kappa shape index (κ1) is 61.8. The number of amides is 6. The van der Waals surface area contributed by atoms with Gasteiger partial charge in [0.15, 0.2) is 18.1 Å². The fourth-order valence-corrected chi connectivity index (χ4v) is 9.32. The molecule has 2 aromatic carbocycles. The van der Waals surface area contributed by atoms with Gasteiger partial charge in [-0.05, 0) is 135 Å². The van der Waals surface area contributed by atoms with Crippen LogP contribution in [0.4, 0.5) is 0 Å². The number of fused-ring (bicyclic) bond motifs is 4. The van der Waals surface area contributed by atoms with Gasteiger partial charge in [0.2, 0.25) is 29.4 Å². The van der Waals surface area contributed by atoms with Crippen LogP contribution in [-0.2, 0) is 63.8 Å². The number of carbonyl (C=O) groups excluding carboxylic acids is 9. The van der Waals surface area contributed by atoms with Crippen LogP contribution in [0.1, 0.15) is 111 Å². The van der Waals surface area contributed by atoms with E-state index in [0.717, 1.165) is 5.56 Å². The Morgan fingerprint density at radius 3 is 2.14 bits per heavy atom. The number of benzene rings is 2. The van der Waals surface area contributed by atoms with Crippen molar-refractivity contribution in [1.82, 2.24) is 29.8 Å². The van der Waals surface area contributed by atoms with E-state index in [0.29, 0.717) is 49.2 Å². The molecule has 78 heavy (non-hydrogen) atoms. The number of ether oxygens (including phenoxy) is 6. The van der Waals surface area contributed by atoms with Gasteiger partial charge in [-0.15, -0.1) is 0 Å². The van der Waals surface area contributed by atoms with E-state index < -0.39 is 108 Å². The molecule has 5 rings (SSSR count). The van der Waals surface area contributed by atoms with Gasteiger partial charge in [0.25, 0.3) is 11.8 Å². The van der Waals surface area contributed by atoms with Crippen LogP contribution < -0.4 is 19.5 Å². The van der Waals surface area contributed by atoms with Gasteiger partial charge in [-0.1, -0.05) is 24.3 Å². The molecule has 3 aliphatic heterocycles. The zero-order valence-electron chi connectivity index (χ0n) is 47.4. The minimum absolute atomic E-state index is 0.110. The topological polar surface area (TPSA) is 237 Å². The van der Waals surface area contributed by atoms with Crippen molar-refractivity contribution in [2.45, 2.75) is 142 Å². The maximum absolute atomic E-state index is 14.5. The predicted molar refractivity (Wildman–Crippen MR) is 286 cm³/mol. The van der Waals surface area contributed by atoms with Crippen molar-refractivity contribution in [3.05, 3.63) is 65.7 Å². The number of methoxy groups -OCH3 is 2. The Labute approximate surface area is 458 Å². The molecule has 2 saturated heterocycles. The second kappa shape index (κ2) is 27.5. The van der Waals surface area contributed by atoms with Crippen molar-refractivity contribution in [2.24, 2.45) is 5.41 Å². The van der Waals surface area contributed by atoms with E-state index in [1.54, 1.807) is 58.2 Å². The fraction of sp³-hybridized carbons (Fsp3) is 0.596. The number of hydrogen-bond acceptors (Lipinski definition) is 15. The Morgan fingerprint density at radius 1 is 0.756 bits per heavy atom. The first-order valence-corrected chi connectivity index (χ1v) is 26.6. The number of rotatable bonds is 7. The van der Waals surface area contributed by atoms with Crippen molar-refractivity contribution >= 4 is 53.2 Å². The number of aryl methyl sites for hydroxylation is 1. The number of piperidine rings is 1. The largest absolute Gasteiger partial charge is 0.493 e. The minimum atomic E-state index is -1.48. The molecule has 1 N–H and O–H groups in total. The Balaban J connectivity index is 1.44.